The molecular formula is C17H10Cl2FN3. The highest BCUT2D eigenvalue weighted by Crippen LogP contribution is 2.33. The number of rotatable bonds is 1. The predicted octanol–water partition coefficient (Wildman–Crippen LogP) is 5.30. The van der Waals surface area contributed by atoms with Gasteiger partial charge >= 0.3 is 0 Å². The smallest absolute Gasteiger partial charge is 0.155 e. The van der Waals surface area contributed by atoms with Crippen molar-refractivity contribution in [1.82, 2.24) is 14.4 Å². The molecular weight excluding hydrogens is 336 g/mol. The summed E-state index contributed by atoms with van der Waals surface area (Å²) in [6, 6.07) is 11.8. The molecule has 3 nitrogen and oxygen atoms in total. The zero-order chi connectivity index (χ0) is 16.1. The number of hydrogen-bond acceptors (Lipinski definition) is 2. The van der Waals surface area contributed by atoms with Crippen LogP contribution in [-0.4, -0.2) is 14.4 Å². The van der Waals surface area contributed by atoms with E-state index in [9.17, 15) is 4.39 Å². The predicted molar refractivity (Wildman–Crippen MR) is 90.6 cm³/mol. The highest BCUT2D eigenvalue weighted by Gasteiger charge is 2.18. The lowest BCUT2D eigenvalue weighted by molar-refractivity contribution is 0.629. The molecule has 0 bridgehead atoms. The minimum atomic E-state index is -0.348. The van der Waals surface area contributed by atoms with Crippen molar-refractivity contribution in [3.8, 4) is 11.4 Å². The molecule has 4 aromatic rings. The molecule has 2 aromatic heterocycles. The Morgan fingerprint density at radius 3 is 2.61 bits per heavy atom. The molecule has 4 rings (SSSR count). The molecule has 0 radical (unpaired) electrons. The summed E-state index contributed by atoms with van der Waals surface area (Å²) in [5.41, 5.74) is 3.31. The zero-order valence-corrected chi connectivity index (χ0v) is 13.5. The second-order valence-electron chi connectivity index (χ2n) is 5.22. The summed E-state index contributed by atoms with van der Waals surface area (Å²) < 4.78 is 15.6. The van der Waals surface area contributed by atoms with Gasteiger partial charge in [-0.2, -0.15) is 0 Å². The molecule has 0 fully saturated rings. The molecule has 114 valence electrons. The van der Waals surface area contributed by atoms with Crippen LogP contribution in [0.15, 0.2) is 42.5 Å². The van der Waals surface area contributed by atoms with Crippen LogP contribution in [0.5, 0.6) is 0 Å². The number of aryl methyl sites for hydroxylation is 1. The maximum atomic E-state index is 13.8. The van der Waals surface area contributed by atoms with Crippen LogP contribution >= 0.6 is 23.2 Å². The van der Waals surface area contributed by atoms with Crippen LogP contribution in [0.3, 0.4) is 0 Å². The number of halogens is 3. The number of benzene rings is 2. The van der Waals surface area contributed by atoms with E-state index in [-0.39, 0.29) is 5.82 Å². The van der Waals surface area contributed by atoms with Gasteiger partial charge in [-0.15, -0.1) is 0 Å². The average Bonchev–Trinajstić information content (AvgIpc) is 2.87. The molecule has 0 aliphatic rings. The zero-order valence-electron chi connectivity index (χ0n) is 12.0. The first-order chi connectivity index (χ1) is 11.1. The normalized spacial score (nSPS) is 11.5. The van der Waals surface area contributed by atoms with Crippen molar-refractivity contribution in [2.75, 3.05) is 0 Å². The maximum absolute atomic E-state index is 13.8. The number of fused-ring (bicyclic) bond motifs is 3. The summed E-state index contributed by atoms with van der Waals surface area (Å²) in [5, 5.41) is 0.893. The third kappa shape index (κ3) is 2.18. The highest BCUT2D eigenvalue weighted by atomic mass is 35.5. The molecule has 0 atom stereocenters. The number of aromatic nitrogens is 3. The Kier molecular flexibility index (Phi) is 3.25. The topological polar surface area (TPSA) is 30.2 Å². The van der Waals surface area contributed by atoms with Crippen molar-refractivity contribution in [3.63, 3.8) is 0 Å². The fourth-order valence-electron chi connectivity index (χ4n) is 2.76. The number of nitrogens with zero attached hydrogens (tertiary/aromatic N) is 3. The molecule has 2 heterocycles. The van der Waals surface area contributed by atoms with Crippen LogP contribution in [0.2, 0.25) is 10.2 Å². The monoisotopic (exact) mass is 345 g/mol. The van der Waals surface area contributed by atoms with Gasteiger partial charge in [-0.05, 0) is 31.2 Å². The Morgan fingerprint density at radius 2 is 1.83 bits per heavy atom. The van der Waals surface area contributed by atoms with Crippen LogP contribution in [0, 0.1) is 12.7 Å². The van der Waals surface area contributed by atoms with Crippen LogP contribution in [-0.2, 0) is 0 Å². The van der Waals surface area contributed by atoms with E-state index >= 15 is 0 Å². The Morgan fingerprint density at radius 1 is 1.04 bits per heavy atom. The van der Waals surface area contributed by atoms with Gasteiger partial charge in [0.15, 0.2) is 5.15 Å². The van der Waals surface area contributed by atoms with Crippen LogP contribution < -0.4 is 0 Å². The van der Waals surface area contributed by atoms with E-state index in [1.807, 2.05) is 29.5 Å². The van der Waals surface area contributed by atoms with E-state index in [2.05, 4.69) is 9.97 Å². The summed E-state index contributed by atoms with van der Waals surface area (Å²) in [6.07, 6.45) is 0. The molecule has 0 aliphatic carbocycles. The van der Waals surface area contributed by atoms with Crippen LogP contribution in [0.4, 0.5) is 4.39 Å². The van der Waals surface area contributed by atoms with E-state index in [4.69, 9.17) is 23.2 Å². The minimum absolute atomic E-state index is 0.326. The molecule has 6 heteroatoms. The van der Waals surface area contributed by atoms with Gasteiger partial charge in [0, 0.05) is 11.6 Å². The van der Waals surface area contributed by atoms with Gasteiger partial charge in [-0.25, -0.2) is 14.4 Å². The second kappa shape index (κ2) is 5.18. The van der Waals surface area contributed by atoms with Gasteiger partial charge in [-0.1, -0.05) is 35.3 Å². The van der Waals surface area contributed by atoms with E-state index in [1.54, 1.807) is 12.1 Å². The van der Waals surface area contributed by atoms with E-state index in [1.165, 1.54) is 12.1 Å². The van der Waals surface area contributed by atoms with Crippen molar-refractivity contribution in [2.45, 2.75) is 6.92 Å². The van der Waals surface area contributed by atoms with Gasteiger partial charge in [-0.3, -0.25) is 4.40 Å². The molecule has 0 saturated carbocycles. The SMILES string of the molecule is Cc1nc(-c2ccccc2Cl)n2c1c(Cl)nc1ccc(F)cc12. The molecule has 0 amide bonds. The molecule has 0 saturated heterocycles. The third-order valence-corrected chi connectivity index (χ3v) is 4.35. The first-order valence-corrected chi connectivity index (χ1v) is 7.70. The third-order valence-electron chi connectivity index (χ3n) is 3.76. The summed E-state index contributed by atoms with van der Waals surface area (Å²) in [4.78, 5) is 8.93. The van der Waals surface area contributed by atoms with E-state index < -0.39 is 0 Å². The van der Waals surface area contributed by atoms with Gasteiger partial charge in [0.25, 0.3) is 0 Å². The van der Waals surface area contributed by atoms with Crippen molar-refractivity contribution < 1.29 is 4.39 Å². The van der Waals surface area contributed by atoms with Gasteiger partial charge in [0.05, 0.1) is 21.7 Å². The lowest BCUT2D eigenvalue weighted by Crippen LogP contribution is -1.96. The number of imidazole rings is 1. The summed E-state index contributed by atoms with van der Waals surface area (Å²) in [5.74, 6) is 0.266. The molecule has 2 aromatic carbocycles. The fraction of sp³-hybridized carbons (Fsp3) is 0.0588. The van der Waals surface area contributed by atoms with Gasteiger partial charge in [0.1, 0.15) is 17.2 Å². The summed E-state index contributed by atoms with van der Waals surface area (Å²) in [6.45, 7) is 1.84. The quantitative estimate of drug-likeness (QED) is 0.468. The number of hydrogen-bond donors (Lipinski definition) is 0. The lowest BCUT2D eigenvalue weighted by Gasteiger charge is -2.08. The van der Waals surface area contributed by atoms with Crippen LogP contribution in [0.1, 0.15) is 5.69 Å². The van der Waals surface area contributed by atoms with Crippen molar-refractivity contribution in [3.05, 3.63) is 64.2 Å². The minimum Gasteiger partial charge on any atom is -0.287 e. The van der Waals surface area contributed by atoms with Crippen molar-refractivity contribution in [2.24, 2.45) is 0 Å². The van der Waals surface area contributed by atoms with Crippen LogP contribution in [0.25, 0.3) is 27.9 Å². The molecule has 0 aliphatic heterocycles. The van der Waals surface area contributed by atoms with Gasteiger partial charge < -0.3 is 0 Å². The fourth-order valence-corrected chi connectivity index (χ4v) is 3.29. The molecule has 0 spiro atoms. The molecule has 0 unspecified atom stereocenters. The summed E-state index contributed by atoms with van der Waals surface area (Å²) >= 11 is 12.6. The lowest BCUT2D eigenvalue weighted by atomic mass is 10.2. The average molecular weight is 346 g/mol. The van der Waals surface area contributed by atoms with Crippen molar-refractivity contribution in [1.29, 1.82) is 0 Å². The maximum Gasteiger partial charge on any atom is 0.155 e. The Bertz CT molecular complexity index is 1070. The Hall–Kier alpha value is -2.17. The first-order valence-electron chi connectivity index (χ1n) is 6.95. The largest absolute Gasteiger partial charge is 0.287 e. The van der Waals surface area contributed by atoms with E-state index in [0.717, 1.165) is 5.56 Å². The molecule has 23 heavy (non-hydrogen) atoms. The van der Waals surface area contributed by atoms with E-state index in [0.29, 0.717) is 38.2 Å². The molecule has 0 N–H and O–H groups in total. The standard InChI is InChI=1S/C17H10Cl2FN3/c1-9-15-16(19)22-13-7-6-10(20)8-14(13)23(15)17(21-9)11-4-2-3-5-12(11)18/h2-8H,1H3. The highest BCUT2D eigenvalue weighted by molar-refractivity contribution is 6.34. The summed E-state index contributed by atoms with van der Waals surface area (Å²) in [7, 11) is 0. The second-order valence-corrected chi connectivity index (χ2v) is 5.99. The first kappa shape index (κ1) is 14.4. The Balaban J connectivity index is 2.24. The van der Waals surface area contributed by atoms with Crippen molar-refractivity contribution >= 4 is 39.8 Å². The Labute approximate surface area is 141 Å². The van der Waals surface area contributed by atoms with Gasteiger partial charge in [0.2, 0.25) is 0 Å².